The summed E-state index contributed by atoms with van der Waals surface area (Å²) in [6.07, 6.45) is 1.28. The van der Waals surface area contributed by atoms with E-state index < -0.39 is 10.0 Å². The average molecular weight is 191 g/mol. The highest BCUT2D eigenvalue weighted by atomic mass is 32.2. The van der Waals surface area contributed by atoms with Crippen molar-refractivity contribution in [1.82, 2.24) is 4.31 Å². The SMILES string of the molecule is C[C@@H]1CN(S(C)(=O)=O)CC1(C)C. The largest absolute Gasteiger partial charge is 0.213 e. The summed E-state index contributed by atoms with van der Waals surface area (Å²) in [6, 6.07) is 0. The standard InChI is InChI=1S/C8H17NO2S/c1-7-5-9(12(4,10)11)6-8(7,2)3/h7H,5-6H2,1-4H3/t7-/m1/s1. The molecule has 0 N–H and O–H groups in total. The summed E-state index contributed by atoms with van der Waals surface area (Å²) >= 11 is 0. The minimum absolute atomic E-state index is 0.128. The Morgan fingerprint density at radius 3 is 2.08 bits per heavy atom. The maximum absolute atomic E-state index is 11.2. The molecule has 1 saturated heterocycles. The molecule has 0 radical (unpaired) electrons. The second kappa shape index (κ2) is 2.70. The fourth-order valence-electron chi connectivity index (χ4n) is 1.48. The number of hydrogen-bond acceptors (Lipinski definition) is 2. The Morgan fingerprint density at radius 1 is 1.42 bits per heavy atom. The molecule has 1 aliphatic heterocycles. The van der Waals surface area contributed by atoms with Crippen LogP contribution in [0.5, 0.6) is 0 Å². The van der Waals surface area contributed by atoms with Gasteiger partial charge in [0.2, 0.25) is 10.0 Å². The van der Waals surface area contributed by atoms with Crippen LogP contribution in [0, 0.1) is 11.3 Å². The third kappa shape index (κ3) is 1.80. The molecule has 0 spiro atoms. The van der Waals surface area contributed by atoms with E-state index in [2.05, 4.69) is 20.8 Å². The summed E-state index contributed by atoms with van der Waals surface area (Å²) in [6.45, 7) is 7.66. The maximum atomic E-state index is 11.2. The molecule has 4 heteroatoms. The van der Waals surface area contributed by atoms with Crippen molar-refractivity contribution in [2.45, 2.75) is 20.8 Å². The van der Waals surface area contributed by atoms with Crippen LogP contribution in [0.2, 0.25) is 0 Å². The molecule has 0 unspecified atom stereocenters. The molecule has 0 aromatic rings. The minimum Gasteiger partial charge on any atom is -0.213 e. The minimum atomic E-state index is -2.97. The molecule has 1 aliphatic rings. The second-order valence-corrected chi connectivity index (χ2v) is 6.43. The van der Waals surface area contributed by atoms with E-state index in [1.54, 1.807) is 4.31 Å². The first kappa shape index (κ1) is 9.99. The molecule has 12 heavy (non-hydrogen) atoms. The molecule has 0 aromatic heterocycles. The predicted octanol–water partition coefficient (Wildman–Crippen LogP) is 0.924. The molecule has 0 saturated carbocycles. The topological polar surface area (TPSA) is 37.4 Å². The van der Waals surface area contributed by atoms with Gasteiger partial charge in [-0.05, 0) is 11.3 Å². The van der Waals surface area contributed by atoms with Gasteiger partial charge < -0.3 is 0 Å². The van der Waals surface area contributed by atoms with Crippen LogP contribution in [0.1, 0.15) is 20.8 Å². The first-order valence-electron chi connectivity index (χ1n) is 4.18. The van der Waals surface area contributed by atoms with Gasteiger partial charge in [0.15, 0.2) is 0 Å². The van der Waals surface area contributed by atoms with Gasteiger partial charge in [0.1, 0.15) is 0 Å². The van der Waals surface area contributed by atoms with Crippen LogP contribution in [-0.2, 0) is 10.0 Å². The predicted molar refractivity (Wildman–Crippen MR) is 49.4 cm³/mol. The van der Waals surface area contributed by atoms with Crippen molar-refractivity contribution in [2.24, 2.45) is 11.3 Å². The van der Waals surface area contributed by atoms with E-state index in [9.17, 15) is 8.42 Å². The van der Waals surface area contributed by atoms with Gasteiger partial charge in [0, 0.05) is 13.1 Å². The van der Waals surface area contributed by atoms with Crippen LogP contribution in [0.3, 0.4) is 0 Å². The molecule has 72 valence electrons. The van der Waals surface area contributed by atoms with Gasteiger partial charge in [-0.15, -0.1) is 0 Å². The van der Waals surface area contributed by atoms with Crippen molar-refractivity contribution in [3.63, 3.8) is 0 Å². The Hall–Kier alpha value is -0.0900. The van der Waals surface area contributed by atoms with Gasteiger partial charge in [-0.3, -0.25) is 0 Å². The number of sulfonamides is 1. The fraction of sp³-hybridized carbons (Fsp3) is 1.00. The van der Waals surface area contributed by atoms with E-state index >= 15 is 0 Å². The summed E-state index contributed by atoms with van der Waals surface area (Å²) < 4.78 is 24.0. The van der Waals surface area contributed by atoms with Gasteiger partial charge in [0.25, 0.3) is 0 Å². The van der Waals surface area contributed by atoms with Crippen molar-refractivity contribution in [3.05, 3.63) is 0 Å². The molecule has 3 nitrogen and oxygen atoms in total. The zero-order valence-corrected chi connectivity index (χ0v) is 8.98. The first-order chi connectivity index (χ1) is 5.23. The van der Waals surface area contributed by atoms with E-state index in [1.807, 2.05) is 0 Å². The molecule has 1 atom stereocenters. The third-order valence-electron chi connectivity index (χ3n) is 2.86. The molecule has 0 amide bonds. The molecular formula is C8H17NO2S. The Balaban J connectivity index is 2.81. The van der Waals surface area contributed by atoms with Crippen molar-refractivity contribution in [2.75, 3.05) is 19.3 Å². The van der Waals surface area contributed by atoms with Crippen molar-refractivity contribution < 1.29 is 8.42 Å². The third-order valence-corrected chi connectivity index (χ3v) is 4.08. The van der Waals surface area contributed by atoms with Crippen LogP contribution >= 0.6 is 0 Å². The average Bonchev–Trinajstić information content (AvgIpc) is 2.06. The van der Waals surface area contributed by atoms with Gasteiger partial charge in [-0.25, -0.2) is 12.7 Å². The van der Waals surface area contributed by atoms with Gasteiger partial charge >= 0.3 is 0 Å². The molecule has 0 aromatic carbocycles. The smallest absolute Gasteiger partial charge is 0.211 e. The van der Waals surface area contributed by atoms with Gasteiger partial charge in [-0.1, -0.05) is 20.8 Å². The van der Waals surface area contributed by atoms with Crippen LogP contribution < -0.4 is 0 Å². The monoisotopic (exact) mass is 191 g/mol. The van der Waals surface area contributed by atoms with Crippen molar-refractivity contribution in [3.8, 4) is 0 Å². The summed E-state index contributed by atoms with van der Waals surface area (Å²) in [7, 11) is -2.97. The zero-order valence-electron chi connectivity index (χ0n) is 8.16. The Bertz CT molecular complexity index is 269. The molecule has 0 aliphatic carbocycles. The Kier molecular flexibility index (Phi) is 2.25. The highest BCUT2D eigenvalue weighted by Gasteiger charge is 2.39. The van der Waals surface area contributed by atoms with E-state index in [4.69, 9.17) is 0 Å². The molecule has 1 fully saturated rings. The fourth-order valence-corrected chi connectivity index (χ4v) is 2.54. The normalized spacial score (nSPS) is 30.8. The number of nitrogens with zero attached hydrogens (tertiary/aromatic N) is 1. The maximum Gasteiger partial charge on any atom is 0.211 e. The van der Waals surface area contributed by atoms with Gasteiger partial charge in [-0.2, -0.15) is 0 Å². The van der Waals surface area contributed by atoms with E-state index in [-0.39, 0.29) is 5.41 Å². The highest BCUT2D eigenvalue weighted by molar-refractivity contribution is 7.88. The summed E-state index contributed by atoms with van der Waals surface area (Å²) in [5.74, 6) is 0.451. The molecule has 0 bridgehead atoms. The lowest BCUT2D eigenvalue weighted by Gasteiger charge is -2.21. The van der Waals surface area contributed by atoms with Crippen molar-refractivity contribution >= 4 is 10.0 Å². The first-order valence-corrected chi connectivity index (χ1v) is 6.03. The van der Waals surface area contributed by atoms with Gasteiger partial charge in [0.05, 0.1) is 6.26 Å². The van der Waals surface area contributed by atoms with E-state index in [0.29, 0.717) is 19.0 Å². The Morgan fingerprint density at radius 2 is 1.92 bits per heavy atom. The number of rotatable bonds is 1. The zero-order chi connectivity index (χ0) is 9.57. The molecular weight excluding hydrogens is 174 g/mol. The Labute approximate surface area is 74.8 Å². The summed E-state index contributed by atoms with van der Waals surface area (Å²) in [4.78, 5) is 0. The summed E-state index contributed by atoms with van der Waals surface area (Å²) in [5.41, 5.74) is 0.128. The lowest BCUT2D eigenvalue weighted by molar-refractivity contribution is 0.306. The van der Waals surface area contributed by atoms with E-state index in [1.165, 1.54) is 6.26 Å². The molecule has 1 heterocycles. The van der Waals surface area contributed by atoms with E-state index in [0.717, 1.165) is 0 Å². The van der Waals surface area contributed by atoms with Crippen LogP contribution in [0.25, 0.3) is 0 Å². The quantitative estimate of drug-likeness (QED) is 0.618. The summed E-state index contributed by atoms with van der Waals surface area (Å²) in [5, 5.41) is 0. The second-order valence-electron chi connectivity index (χ2n) is 4.45. The number of hydrogen-bond donors (Lipinski definition) is 0. The van der Waals surface area contributed by atoms with Crippen molar-refractivity contribution in [1.29, 1.82) is 0 Å². The highest BCUT2D eigenvalue weighted by Crippen LogP contribution is 2.35. The lowest BCUT2D eigenvalue weighted by Crippen LogP contribution is -2.29. The van der Waals surface area contributed by atoms with Crippen LogP contribution in [0.15, 0.2) is 0 Å². The lowest BCUT2D eigenvalue weighted by atomic mass is 9.84. The van der Waals surface area contributed by atoms with Crippen LogP contribution in [-0.4, -0.2) is 32.1 Å². The molecule has 1 rings (SSSR count). The van der Waals surface area contributed by atoms with Crippen LogP contribution in [0.4, 0.5) is 0 Å².